The Kier molecular flexibility index (Phi) is 7.02. The highest BCUT2D eigenvalue weighted by Crippen LogP contribution is 2.25. The van der Waals surface area contributed by atoms with Gasteiger partial charge in [-0.2, -0.15) is 0 Å². The molecule has 28 heavy (non-hydrogen) atoms. The molecule has 154 valence electrons. The molecule has 1 saturated heterocycles. The van der Waals surface area contributed by atoms with Crippen molar-refractivity contribution in [1.29, 1.82) is 0 Å². The minimum Gasteiger partial charge on any atom is -0.388 e. The van der Waals surface area contributed by atoms with Crippen LogP contribution in [0, 0.1) is 6.92 Å². The number of methoxy groups -OCH3 is 1. The molecular formula is C21H32N4O3. The smallest absolute Gasteiger partial charge is 0.246 e. The van der Waals surface area contributed by atoms with E-state index in [0.717, 1.165) is 18.5 Å². The maximum atomic E-state index is 12.5. The molecular weight excluding hydrogens is 356 g/mol. The van der Waals surface area contributed by atoms with Gasteiger partial charge in [0.15, 0.2) is 5.82 Å². The normalized spacial score (nSPS) is 19.4. The number of nitrogens with one attached hydrogen (secondary N) is 1. The molecule has 1 aliphatic carbocycles. The van der Waals surface area contributed by atoms with Crippen molar-refractivity contribution in [3.63, 3.8) is 0 Å². The zero-order valence-electron chi connectivity index (χ0n) is 17.0. The van der Waals surface area contributed by atoms with Crippen molar-refractivity contribution in [2.75, 3.05) is 32.1 Å². The minimum atomic E-state index is -0.838. The summed E-state index contributed by atoms with van der Waals surface area (Å²) < 4.78 is 5.10. The van der Waals surface area contributed by atoms with Crippen LogP contribution >= 0.6 is 0 Å². The molecule has 7 nitrogen and oxygen atoms in total. The summed E-state index contributed by atoms with van der Waals surface area (Å²) in [5, 5.41) is 14.1. The molecule has 0 unspecified atom stereocenters. The van der Waals surface area contributed by atoms with Crippen LogP contribution in [0.5, 0.6) is 0 Å². The fraction of sp³-hybridized carbons (Fsp3) is 0.667. The summed E-state index contributed by atoms with van der Waals surface area (Å²) in [7, 11) is 1.61. The van der Waals surface area contributed by atoms with Gasteiger partial charge in [0.1, 0.15) is 12.4 Å². The van der Waals surface area contributed by atoms with E-state index in [4.69, 9.17) is 4.74 Å². The first-order valence-corrected chi connectivity index (χ1v) is 10.3. The number of piperidine rings is 1. The molecule has 0 bridgehead atoms. The fourth-order valence-electron chi connectivity index (χ4n) is 3.91. The molecule has 1 aliphatic heterocycles. The van der Waals surface area contributed by atoms with Gasteiger partial charge in [0.05, 0.1) is 5.60 Å². The predicted molar refractivity (Wildman–Crippen MR) is 108 cm³/mol. The number of ether oxygens (including phenoxy) is 1. The Morgan fingerprint density at radius 2 is 2.00 bits per heavy atom. The maximum absolute atomic E-state index is 12.5. The molecule has 1 aromatic heterocycles. The molecule has 3 rings (SSSR count). The number of likely N-dealkylation sites (tertiary alicyclic amines) is 1. The number of nitrogens with zero attached hydrogens (tertiary/aromatic N) is 3. The van der Waals surface area contributed by atoms with Crippen molar-refractivity contribution in [1.82, 2.24) is 14.9 Å². The van der Waals surface area contributed by atoms with Crippen LogP contribution in [0.1, 0.15) is 56.5 Å². The SMILES string of the molecule is COCc1nc(C)cc(NCC2(O)CCN(C(=O)C=C3CCCCC3)CC2)n1. The van der Waals surface area contributed by atoms with Crippen LogP contribution in [0.3, 0.4) is 0 Å². The summed E-state index contributed by atoms with van der Waals surface area (Å²) in [6.07, 6.45) is 8.72. The van der Waals surface area contributed by atoms with Crippen molar-refractivity contribution >= 4 is 11.7 Å². The number of aryl methyl sites for hydroxylation is 1. The van der Waals surface area contributed by atoms with Gasteiger partial charge in [0.25, 0.3) is 0 Å². The van der Waals surface area contributed by atoms with Crippen LogP contribution < -0.4 is 5.32 Å². The quantitative estimate of drug-likeness (QED) is 0.729. The number of allylic oxidation sites excluding steroid dienone is 1. The van der Waals surface area contributed by atoms with Crippen LogP contribution in [-0.4, -0.2) is 58.2 Å². The lowest BCUT2D eigenvalue weighted by atomic mass is 9.90. The number of amides is 1. The topological polar surface area (TPSA) is 87.6 Å². The van der Waals surface area contributed by atoms with Gasteiger partial charge in [-0.1, -0.05) is 12.0 Å². The van der Waals surface area contributed by atoms with Crippen LogP contribution in [0.2, 0.25) is 0 Å². The lowest BCUT2D eigenvalue weighted by Gasteiger charge is -2.38. The molecule has 2 fully saturated rings. The molecule has 2 N–H and O–H groups in total. The van der Waals surface area contributed by atoms with E-state index >= 15 is 0 Å². The summed E-state index contributed by atoms with van der Waals surface area (Å²) in [5.74, 6) is 1.41. The number of carbonyl (C=O) groups is 1. The average molecular weight is 389 g/mol. The van der Waals surface area contributed by atoms with Crippen molar-refractivity contribution in [2.24, 2.45) is 0 Å². The number of carbonyl (C=O) groups excluding carboxylic acids is 1. The number of anilines is 1. The molecule has 2 heterocycles. The number of aromatic nitrogens is 2. The van der Waals surface area contributed by atoms with Crippen LogP contribution in [0.15, 0.2) is 17.7 Å². The number of hydrogen-bond donors (Lipinski definition) is 2. The first kappa shape index (κ1) is 20.7. The molecule has 1 saturated carbocycles. The van der Waals surface area contributed by atoms with Crippen molar-refractivity contribution in [2.45, 2.75) is 64.1 Å². The number of aliphatic hydroxyl groups is 1. The van der Waals surface area contributed by atoms with Crippen molar-refractivity contribution in [3.05, 3.63) is 29.2 Å². The van der Waals surface area contributed by atoms with E-state index in [-0.39, 0.29) is 5.91 Å². The van der Waals surface area contributed by atoms with E-state index in [0.29, 0.717) is 50.7 Å². The Hall–Kier alpha value is -1.99. The summed E-state index contributed by atoms with van der Waals surface area (Å²) in [5.41, 5.74) is 1.30. The zero-order chi connectivity index (χ0) is 20.0. The van der Waals surface area contributed by atoms with Gasteiger partial charge in [-0.3, -0.25) is 4.79 Å². The van der Waals surface area contributed by atoms with E-state index in [2.05, 4.69) is 15.3 Å². The van der Waals surface area contributed by atoms with Gasteiger partial charge >= 0.3 is 0 Å². The molecule has 2 aliphatic rings. The Balaban J connectivity index is 1.51. The summed E-state index contributed by atoms with van der Waals surface area (Å²) >= 11 is 0. The van der Waals surface area contributed by atoms with Crippen LogP contribution in [0.4, 0.5) is 5.82 Å². The van der Waals surface area contributed by atoms with E-state index < -0.39 is 5.60 Å². The van der Waals surface area contributed by atoms with Crippen LogP contribution in [0.25, 0.3) is 0 Å². The summed E-state index contributed by atoms with van der Waals surface area (Å²) in [6, 6.07) is 1.86. The van der Waals surface area contributed by atoms with E-state index in [1.54, 1.807) is 7.11 Å². The zero-order valence-corrected chi connectivity index (χ0v) is 17.0. The molecule has 0 aromatic carbocycles. The van der Waals surface area contributed by atoms with Gasteiger partial charge in [0.2, 0.25) is 5.91 Å². The third-order valence-electron chi connectivity index (χ3n) is 5.60. The van der Waals surface area contributed by atoms with E-state index in [1.807, 2.05) is 24.0 Å². The van der Waals surface area contributed by atoms with Gasteiger partial charge in [0, 0.05) is 44.6 Å². The Morgan fingerprint density at radius 3 is 2.68 bits per heavy atom. The second-order valence-electron chi connectivity index (χ2n) is 8.01. The van der Waals surface area contributed by atoms with Crippen molar-refractivity contribution < 1.29 is 14.6 Å². The van der Waals surface area contributed by atoms with E-state index in [1.165, 1.54) is 24.8 Å². The molecule has 1 amide bonds. The van der Waals surface area contributed by atoms with E-state index in [9.17, 15) is 9.90 Å². The Labute approximate surface area is 167 Å². The highest BCUT2D eigenvalue weighted by Gasteiger charge is 2.33. The molecule has 1 aromatic rings. The first-order chi connectivity index (χ1) is 13.5. The van der Waals surface area contributed by atoms with Crippen molar-refractivity contribution in [3.8, 4) is 0 Å². The fourth-order valence-corrected chi connectivity index (χ4v) is 3.91. The summed E-state index contributed by atoms with van der Waals surface area (Å²) in [6.45, 7) is 3.83. The molecule has 0 spiro atoms. The second-order valence-corrected chi connectivity index (χ2v) is 8.01. The first-order valence-electron chi connectivity index (χ1n) is 10.3. The minimum absolute atomic E-state index is 0.0996. The molecule has 0 radical (unpaired) electrons. The second kappa shape index (κ2) is 9.47. The van der Waals surface area contributed by atoms with Gasteiger partial charge in [-0.15, -0.1) is 0 Å². The number of hydrogen-bond acceptors (Lipinski definition) is 6. The monoisotopic (exact) mass is 388 g/mol. The largest absolute Gasteiger partial charge is 0.388 e. The lowest BCUT2D eigenvalue weighted by Crippen LogP contribution is -2.49. The lowest BCUT2D eigenvalue weighted by molar-refractivity contribution is -0.129. The Morgan fingerprint density at radius 1 is 1.29 bits per heavy atom. The third-order valence-corrected chi connectivity index (χ3v) is 5.60. The summed E-state index contributed by atoms with van der Waals surface area (Å²) in [4.78, 5) is 23.1. The molecule has 0 atom stereocenters. The van der Waals surface area contributed by atoms with Gasteiger partial charge in [-0.05, 0) is 45.4 Å². The average Bonchev–Trinajstić information content (AvgIpc) is 2.68. The van der Waals surface area contributed by atoms with Gasteiger partial charge in [-0.25, -0.2) is 9.97 Å². The van der Waals surface area contributed by atoms with Crippen LogP contribution in [-0.2, 0) is 16.1 Å². The highest BCUT2D eigenvalue weighted by molar-refractivity contribution is 5.88. The third kappa shape index (κ3) is 5.75. The highest BCUT2D eigenvalue weighted by atomic mass is 16.5. The predicted octanol–water partition coefficient (Wildman–Crippen LogP) is 2.59. The van der Waals surface area contributed by atoms with Gasteiger partial charge < -0.3 is 20.1 Å². The number of rotatable bonds is 6. The molecule has 7 heteroatoms. The Bertz CT molecular complexity index is 704. The standard InChI is InChI=1S/C21H32N4O3/c1-16-12-18(24-19(23-16)14-28-2)22-15-21(27)8-10-25(11-9-21)20(26)13-17-6-4-3-5-7-17/h12-13,27H,3-11,14-15H2,1-2H3,(H,22,23,24). The maximum Gasteiger partial charge on any atom is 0.246 e.